The summed E-state index contributed by atoms with van der Waals surface area (Å²) in [5.41, 5.74) is 0. The van der Waals surface area contributed by atoms with Crippen molar-refractivity contribution in [3.05, 3.63) is 0 Å². The van der Waals surface area contributed by atoms with Crippen LogP contribution >= 0.6 is 0 Å². The van der Waals surface area contributed by atoms with E-state index in [0.717, 1.165) is 12.8 Å². The predicted octanol–water partition coefficient (Wildman–Crippen LogP) is 1.44. The number of hydrogen-bond donors (Lipinski definition) is 0. The molecule has 7 nitrogen and oxygen atoms in total. The number of carbonyl (C=O) groups excluding carboxylic acids is 2. The third kappa shape index (κ3) is 5.41. The average molecular weight is 301 g/mol. The zero-order valence-electron chi connectivity index (χ0n) is 13.7. The van der Waals surface area contributed by atoms with Crippen LogP contribution in [0.1, 0.15) is 19.8 Å². The molecular weight excluding hydrogens is 274 g/mol. The molecule has 0 saturated carbocycles. The molecule has 0 bridgehead atoms. The third-order valence-electron chi connectivity index (χ3n) is 3.59. The van der Waals surface area contributed by atoms with Gasteiger partial charge in [-0.05, 0) is 32.9 Å². The molecule has 0 aromatic heterocycles. The van der Waals surface area contributed by atoms with Crippen molar-refractivity contribution in [2.24, 2.45) is 5.92 Å². The molecule has 2 unspecified atom stereocenters. The maximum Gasteiger partial charge on any atom is 0.410 e. The lowest BCUT2D eigenvalue weighted by molar-refractivity contribution is 0.0326. The van der Waals surface area contributed by atoms with E-state index in [9.17, 15) is 9.59 Å². The first-order chi connectivity index (χ1) is 9.85. The van der Waals surface area contributed by atoms with Gasteiger partial charge in [0, 0.05) is 13.6 Å². The first-order valence-electron chi connectivity index (χ1n) is 7.22. The lowest BCUT2D eigenvalue weighted by Crippen LogP contribution is -2.49. The van der Waals surface area contributed by atoms with Crippen LogP contribution in [0.15, 0.2) is 0 Å². The fourth-order valence-electron chi connectivity index (χ4n) is 2.53. The molecule has 0 radical (unpaired) electrons. The van der Waals surface area contributed by atoms with Crippen molar-refractivity contribution in [3.8, 4) is 0 Å². The highest BCUT2D eigenvalue weighted by Crippen LogP contribution is 2.23. The molecule has 7 heteroatoms. The van der Waals surface area contributed by atoms with Crippen LogP contribution in [-0.4, -0.2) is 81.0 Å². The molecule has 0 N–H and O–H groups in total. The molecule has 1 rings (SSSR count). The Morgan fingerprint density at radius 1 is 1.29 bits per heavy atom. The van der Waals surface area contributed by atoms with Crippen molar-refractivity contribution in [1.29, 1.82) is 0 Å². The van der Waals surface area contributed by atoms with Gasteiger partial charge >= 0.3 is 12.2 Å². The van der Waals surface area contributed by atoms with Crippen LogP contribution in [0, 0.1) is 5.92 Å². The number of methoxy groups -OCH3 is 1. The maximum atomic E-state index is 11.9. The number of rotatable bonds is 4. The molecule has 1 fully saturated rings. The predicted molar refractivity (Wildman–Crippen MR) is 79.0 cm³/mol. The minimum absolute atomic E-state index is 0.113. The van der Waals surface area contributed by atoms with Crippen molar-refractivity contribution in [3.63, 3.8) is 0 Å². The number of carbonyl (C=O) groups is 2. The van der Waals surface area contributed by atoms with Gasteiger partial charge in [0.1, 0.15) is 6.61 Å². The number of hydrogen-bond acceptors (Lipinski definition) is 5. The number of amides is 2. The van der Waals surface area contributed by atoms with Gasteiger partial charge in [0.2, 0.25) is 0 Å². The number of piperidine rings is 1. The van der Waals surface area contributed by atoms with Gasteiger partial charge in [-0.2, -0.15) is 0 Å². The molecule has 0 aromatic carbocycles. The average Bonchev–Trinajstić information content (AvgIpc) is 2.43. The van der Waals surface area contributed by atoms with Gasteiger partial charge < -0.3 is 14.4 Å². The Bertz CT molecular complexity index is 362. The smallest absolute Gasteiger partial charge is 0.410 e. The molecule has 1 saturated heterocycles. The minimum atomic E-state index is -0.383. The van der Waals surface area contributed by atoms with Crippen LogP contribution in [0.5, 0.6) is 0 Å². The van der Waals surface area contributed by atoms with Crippen LogP contribution < -0.4 is 0 Å². The molecule has 0 aliphatic carbocycles. The van der Waals surface area contributed by atoms with Crippen molar-refractivity contribution in [2.45, 2.75) is 25.8 Å². The monoisotopic (exact) mass is 301 g/mol. The number of nitrogens with zero attached hydrogens (tertiary/aromatic N) is 3. The van der Waals surface area contributed by atoms with Crippen LogP contribution in [0.25, 0.3) is 0 Å². The minimum Gasteiger partial charge on any atom is -0.453 e. The summed E-state index contributed by atoms with van der Waals surface area (Å²) in [6.07, 6.45) is 1.02. The highest BCUT2D eigenvalue weighted by atomic mass is 16.6. The second-order valence-corrected chi connectivity index (χ2v) is 5.94. The van der Waals surface area contributed by atoms with Crippen molar-refractivity contribution in [2.75, 3.05) is 48.1 Å². The summed E-state index contributed by atoms with van der Waals surface area (Å²) in [5, 5.41) is 0. The maximum absolute atomic E-state index is 11.9. The normalized spacial score (nSPS) is 22.1. The first-order valence-corrected chi connectivity index (χ1v) is 7.22. The first kappa shape index (κ1) is 17.6. The van der Waals surface area contributed by atoms with Crippen molar-refractivity contribution >= 4 is 12.2 Å². The fraction of sp³-hybridized carbons (Fsp3) is 0.857. The van der Waals surface area contributed by atoms with Crippen LogP contribution in [0.3, 0.4) is 0 Å². The molecule has 21 heavy (non-hydrogen) atoms. The molecule has 1 aliphatic heterocycles. The highest BCUT2D eigenvalue weighted by Gasteiger charge is 2.31. The quantitative estimate of drug-likeness (QED) is 0.735. The Hall–Kier alpha value is -1.50. The second kappa shape index (κ2) is 8.07. The Balaban J connectivity index is 2.53. The van der Waals surface area contributed by atoms with E-state index in [2.05, 4.69) is 6.92 Å². The van der Waals surface area contributed by atoms with Gasteiger partial charge in [0.05, 0.1) is 19.8 Å². The standard InChI is InChI=1S/C14H27N3O4/c1-11-6-7-17(14(19)20-5)12(8-11)9-21-13(18)16(4)10-15(2)3/h11-12H,6-10H2,1-5H3. The van der Waals surface area contributed by atoms with Crippen LogP contribution in [0.2, 0.25) is 0 Å². The van der Waals surface area contributed by atoms with E-state index >= 15 is 0 Å². The molecule has 0 aromatic rings. The largest absolute Gasteiger partial charge is 0.453 e. The summed E-state index contributed by atoms with van der Waals surface area (Å²) < 4.78 is 10.1. The van der Waals surface area contributed by atoms with Gasteiger partial charge in [0.25, 0.3) is 0 Å². The Morgan fingerprint density at radius 3 is 2.52 bits per heavy atom. The van der Waals surface area contributed by atoms with E-state index in [0.29, 0.717) is 19.1 Å². The lowest BCUT2D eigenvalue weighted by Gasteiger charge is -2.37. The molecule has 2 amide bonds. The zero-order valence-corrected chi connectivity index (χ0v) is 13.7. The van der Waals surface area contributed by atoms with Gasteiger partial charge in [0.15, 0.2) is 0 Å². The van der Waals surface area contributed by atoms with E-state index in [-0.39, 0.29) is 24.8 Å². The van der Waals surface area contributed by atoms with E-state index < -0.39 is 0 Å². The third-order valence-corrected chi connectivity index (χ3v) is 3.59. The molecular formula is C14H27N3O4. The molecule has 1 aliphatic rings. The number of likely N-dealkylation sites (tertiary alicyclic amines) is 1. The molecule has 122 valence electrons. The van der Waals surface area contributed by atoms with Crippen molar-refractivity contribution < 1.29 is 19.1 Å². The van der Waals surface area contributed by atoms with Gasteiger partial charge in [-0.25, -0.2) is 9.59 Å². The van der Waals surface area contributed by atoms with Gasteiger partial charge in [-0.3, -0.25) is 9.80 Å². The fourth-order valence-corrected chi connectivity index (χ4v) is 2.53. The summed E-state index contributed by atoms with van der Waals surface area (Å²) in [6, 6.07) is -0.113. The summed E-state index contributed by atoms with van der Waals surface area (Å²) in [5.74, 6) is 0.508. The Kier molecular flexibility index (Phi) is 6.74. The van der Waals surface area contributed by atoms with E-state index in [4.69, 9.17) is 9.47 Å². The summed E-state index contributed by atoms with van der Waals surface area (Å²) in [4.78, 5) is 28.7. The van der Waals surface area contributed by atoms with Crippen LogP contribution in [-0.2, 0) is 9.47 Å². The lowest BCUT2D eigenvalue weighted by atomic mass is 9.93. The summed E-state index contributed by atoms with van der Waals surface area (Å²) in [7, 11) is 6.81. The topological polar surface area (TPSA) is 62.3 Å². The SMILES string of the molecule is COC(=O)N1CCC(C)CC1COC(=O)N(C)CN(C)C. The van der Waals surface area contributed by atoms with Crippen LogP contribution in [0.4, 0.5) is 9.59 Å². The molecule has 1 heterocycles. The zero-order chi connectivity index (χ0) is 16.0. The Morgan fingerprint density at radius 2 is 1.95 bits per heavy atom. The van der Waals surface area contributed by atoms with E-state index in [1.807, 2.05) is 19.0 Å². The number of ether oxygens (including phenoxy) is 2. The Labute approximate surface area is 126 Å². The van der Waals surface area contributed by atoms with E-state index in [1.165, 1.54) is 12.0 Å². The summed E-state index contributed by atoms with van der Waals surface area (Å²) in [6.45, 7) is 3.47. The second-order valence-electron chi connectivity index (χ2n) is 5.94. The molecule has 2 atom stereocenters. The van der Waals surface area contributed by atoms with Crippen molar-refractivity contribution in [1.82, 2.24) is 14.7 Å². The van der Waals surface area contributed by atoms with Gasteiger partial charge in [-0.15, -0.1) is 0 Å². The van der Waals surface area contributed by atoms with E-state index in [1.54, 1.807) is 11.9 Å². The summed E-state index contributed by atoms with van der Waals surface area (Å²) >= 11 is 0. The molecule has 0 spiro atoms. The van der Waals surface area contributed by atoms with Gasteiger partial charge in [-0.1, -0.05) is 6.92 Å². The highest BCUT2D eigenvalue weighted by molar-refractivity contribution is 5.69.